The Morgan fingerprint density at radius 3 is 2.32 bits per heavy atom. The molecule has 0 atom stereocenters. The molecular formula is C24H42ClN5O. The van der Waals surface area contributed by atoms with Crippen LogP contribution in [0.5, 0.6) is 0 Å². The molecule has 0 aliphatic rings. The van der Waals surface area contributed by atoms with Gasteiger partial charge in [0.05, 0.1) is 5.69 Å². The van der Waals surface area contributed by atoms with Crippen LogP contribution in [0.2, 0.25) is 5.02 Å². The fourth-order valence-corrected chi connectivity index (χ4v) is 3.94. The van der Waals surface area contributed by atoms with Gasteiger partial charge < -0.3 is 4.84 Å². The fraction of sp³-hybridized carbons (Fsp3) is 0.750. The Hall–Kier alpha value is -1.53. The van der Waals surface area contributed by atoms with Crippen LogP contribution >= 0.6 is 11.6 Å². The Labute approximate surface area is 193 Å². The average Bonchev–Trinajstić information content (AvgIpc) is 3.29. The third-order valence-corrected chi connectivity index (χ3v) is 6.18. The number of H-pyrrole nitrogens is 1. The van der Waals surface area contributed by atoms with Gasteiger partial charge in [-0.1, -0.05) is 76.8 Å². The molecule has 0 aliphatic heterocycles. The molecule has 0 amide bonds. The summed E-state index contributed by atoms with van der Waals surface area (Å²) < 4.78 is 1.87. The van der Waals surface area contributed by atoms with Gasteiger partial charge in [0.1, 0.15) is 11.3 Å². The monoisotopic (exact) mass is 451 g/mol. The van der Waals surface area contributed by atoms with Crippen LogP contribution in [0.1, 0.15) is 109 Å². The maximum absolute atomic E-state index is 6.22. The van der Waals surface area contributed by atoms with Crippen LogP contribution in [0.3, 0.4) is 0 Å². The average molecular weight is 452 g/mol. The first-order chi connectivity index (χ1) is 15.2. The van der Waals surface area contributed by atoms with Crippen LogP contribution in [-0.2, 0) is 11.3 Å². The third-order valence-electron chi connectivity index (χ3n) is 5.73. The molecule has 0 bridgehead atoms. The third kappa shape index (κ3) is 9.24. The maximum atomic E-state index is 6.22. The van der Waals surface area contributed by atoms with Crippen molar-refractivity contribution < 1.29 is 4.84 Å². The molecule has 6 nitrogen and oxygen atoms in total. The second kappa shape index (κ2) is 15.3. The molecule has 0 saturated heterocycles. The van der Waals surface area contributed by atoms with Crippen LogP contribution in [0.25, 0.3) is 5.65 Å². The van der Waals surface area contributed by atoms with Crippen molar-refractivity contribution in [3.05, 3.63) is 28.4 Å². The molecule has 0 aliphatic carbocycles. The SMILES string of the molecule is CCCCCCCC/C(=C/ONCCCc1nnc2c(Cl)c(C)[nH]n12)CCCCCC. The van der Waals surface area contributed by atoms with E-state index in [1.54, 1.807) is 0 Å². The molecule has 176 valence electrons. The highest BCUT2D eigenvalue weighted by Crippen LogP contribution is 2.20. The minimum absolute atomic E-state index is 0.641. The highest BCUT2D eigenvalue weighted by Gasteiger charge is 2.12. The van der Waals surface area contributed by atoms with Gasteiger partial charge in [-0.15, -0.1) is 10.2 Å². The quantitative estimate of drug-likeness (QED) is 0.144. The number of fused-ring (bicyclic) bond motifs is 1. The molecule has 2 N–H and O–H groups in total. The second-order valence-corrected chi connectivity index (χ2v) is 8.92. The molecule has 0 saturated carbocycles. The van der Waals surface area contributed by atoms with E-state index in [0.717, 1.165) is 43.7 Å². The van der Waals surface area contributed by atoms with Crippen molar-refractivity contribution in [2.45, 2.75) is 111 Å². The molecule has 2 heterocycles. The van der Waals surface area contributed by atoms with Crippen molar-refractivity contribution in [2.75, 3.05) is 6.54 Å². The van der Waals surface area contributed by atoms with E-state index in [1.807, 2.05) is 17.7 Å². The normalized spacial score (nSPS) is 12.2. The first kappa shape index (κ1) is 25.7. The minimum Gasteiger partial charge on any atom is -0.417 e. The Morgan fingerprint density at radius 1 is 0.968 bits per heavy atom. The number of halogens is 1. The molecular weight excluding hydrogens is 410 g/mol. The second-order valence-electron chi connectivity index (χ2n) is 8.55. The van der Waals surface area contributed by atoms with E-state index in [0.29, 0.717) is 10.7 Å². The Bertz CT molecular complexity index is 767. The van der Waals surface area contributed by atoms with E-state index < -0.39 is 0 Å². The summed E-state index contributed by atoms with van der Waals surface area (Å²) in [6.07, 6.45) is 19.2. The number of hydrogen-bond donors (Lipinski definition) is 2. The Balaban J connectivity index is 1.68. The first-order valence-corrected chi connectivity index (χ1v) is 12.7. The standard InChI is InChI=1S/C24H42ClN5O/c1-4-6-8-10-11-13-16-21(15-12-9-7-5-2)19-31-26-18-14-17-22-27-28-24-23(25)20(3)29-30(22)24/h19,26,29H,4-18H2,1-3H3/b21-19+. The molecule has 0 unspecified atom stereocenters. The number of aromatic amines is 1. The van der Waals surface area contributed by atoms with Crippen LogP contribution < -0.4 is 5.48 Å². The largest absolute Gasteiger partial charge is 0.417 e. The predicted octanol–water partition coefficient (Wildman–Crippen LogP) is 7.08. The first-order valence-electron chi connectivity index (χ1n) is 12.3. The highest BCUT2D eigenvalue weighted by atomic mass is 35.5. The number of hydrogen-bond acceptors (Lipinski definition) is 4. The van der Waals surface area contributed by atoms with Crippen LogP contribution in [-0.4, -0.2) is 26.4 Å². The molecule has 0 spiro atoms. The zero-order chi connectivity index (χ0) is 22.3. The number of rotatable bonds is 18. The predicted molar refractivity (Wildman–Crippen MR) is 129 cm³/mol. The number of hydroxylamine groups is 1. The summed E-state index contributed by atoms with van der Waals surface area (Å²) in [5.41, 5.74) is 6.14. The molecule has 2 aromatic heterocycles. The van der Waals surface area contributed by atoms with E-state index in [1.165, 1.54) is 69.8 Å². The van der Waals surface area contributed by atoms with Crippen LogP contribution in [0.4, 0.5) is 0 Å². The van der Waals surface area contributed by atoms with Crippen molar-refractivity contribution in [3.63, 3.8) is 0 Å². The lowest BCUT2D eigenvalue weighted by Gasteiger charge is -2.09. The van der Waals surface area contributed by atoms with E-state index >= 15 is 0 Å². The van der Waals surface area contributed by atoms with E-state index in [9.17, 15) is 0 Å². The fourth-order valence-electron chi connectivity index (χ4n) is 3.78. The molecule has 2 rings (SSSR count). The molecule has 2 aromatic rings. The van der Waals surface area contributed by atoms with Gasteiger partial charge in [-0.2, -0.15) is 5.48 Å². The number of nitrogens with one attached hydrogen (secondary N) is 2. The van der Waals surface area contributed by atoms with Gasteiger partial charge in [0.2, 0.25) is 0 Å². The zero-order valence-electron chi connectivity index (χ0n) is 19.8. The van der Waals surface area contributed by atoms with Crippen molar-refractivity contribution >= 4 is 17.2 Å². The lowest BCUT2D eigenvalue weighted by molar-refractivity contribution is 0.130. The number of allylic oxidation sites excluding steroid dienone is 1. The Kier molecular flexibility index (Phi) is 12.7. The van der Waals surface area contributed by atoms with Gasteiger partial charge in [0, 0.05) is 13.0 Å². The number of nitrogens with zero attached hydrogens (tertiary/aromatic N) is 3. The van der Waals surface area contributed by atoms with Crippen molar-refractivity contribution in [1.29, 1.82) is 0 Å². The summed E-state index contributed by atoms with van der Waals surface area (Å²) in [4.78, 5) is 5.69. The van der Waals surface area contributed by atoms with Crippen molar-refractivity contribution in [1.82, 2.24) is 25.3 Å². The summed E-state index contributed by atoms with van der Waals surface area (Å²) in [5.74, 6) is 0.891. The van der Waals surface area contributed by atoms with Crippen molar-refractivity contribution in [3.8, 4) is 0 Å². The summed E-state index contributed by atoms with van der Waals surface area (Å²) in [5, 5.41) is 12.2. The molecule has 0 radical (unpaired) electrons. The summed E-state index contributed by atoms with van der Waals surface area (Å²) in [7, 11) is 0. The Morgan fingerprint density at radius 2 is 1.61 bits per heavy atom. The summed E-state index contributed by atoms with van der Waals surface area (Å²) in [6, 6.07) is 0. The smallest absolute Gasteiger partial charge is 0.196 e. The maximum Gasteiger partial charge on any atom is 0.196 e. The summed E-state index contributed by atoms with van der Waals surface area (Å²) in [6.45, 7) is 7.23. The molecule has 31 heavy (non-hydrogen) atoms. The van der Waals surface area contributed by atoms with E-state index in [-0.39, 0.29) is 0 Å². The summed E-state index contributed by atoms with van der Waals surface area (Å²) >= 11 is 6.22. The van der Waals surface area contributed by atoms with E-state index in [2.05, 4.69) is 34.6 Å². The van der Waals surface area contributed by atoms with Crippen LogP contribution in [0, 0.1) is 6.92 Å². The molecule has 0 fully saturated rings. The van der Waals surface area contributed by atoms with Gasteiger partial charge in [-0.05, 0) is 44.6 Å². The molecule has 7 heteroatoms. The van der Waals surface area contributed by atoms with E-state index in [4.69, 9.17) is 16.4 Å². The van der Waals surface area contributed by atoms with Gasteiger partial charge in [-0.3, -0.25) is 5.10 Å². The van der Waals surface area contributed by atoms with Gasteiger partial charge >= 0.3 is 0 Å². The van der Waals surface area contributed by atoms with Gasteiger partial charge in [0.15, 0.2) is 11.5 Å². The lowest BCUT2D eigenvalue weighted by atomic mass is 10.0. The zero-order valence-corrected chi connectivity index (χ0v) is 20.6. The lowest BCUT2D eigenvalue weighted by Crippen LogP contribution is -2.14. The number of aryl methyl sites for hydroxylation is 2. The molecule has 0 aromatic carbocycles. The topological polar surface area (TPSA) is 67.2 Å². The number of aromatic nitrogens is 4. The van der Waals surface area contributed by atoms with Gasteiger partial charge in [0.25, 0.3) is 0 Å². The van der Waals surface area contributed by atoms with Crippen LogP contribution in [0.15, 0.2) is 11.8 Å². The van der Waals surface area contributed by atoms with Crippen molar-refractivity contribution in [2.24, 2.45) is 0 Å². The highest BCUT2D eigenvalue weighted by molar-refractivity contribution is 6.34. The van der Waals surface area contributed by atoms with Gasteiger partial charge in [-0.25, -0.2) is 4.52 Å². The minimum atomic E-state index is 0.641. The number of unbranched alkanes of at least 4 members (excludes halogenated alkanes) is 8.